The van der Waals surface area contributed by atoms with Crippen molar-refractivity contribution in [2.45, 2.75) is 19.5 Å². The number of hydrazine groups is 1. The van der Waals surface area contributed by atoms with Crippen molar-refractivity contribution in [2.75, 3.05) is 26.5 Å². The summed E-state index contributed by atoms with van der Waals surface area (Å²) in [6.07, 6.45) is 0.119. The van der Waals surface area contributed by atoms with Gasteiger partial charge in [-0.25, -0.2) is 5.01 Å². The Bertz CT molecular complexity index is 636. The van der Waals surface area contributed by atoms with E-state index in [9.17, 15) is 4.79 Å². The summed E-state index contributed by atoms with van der Waals surface area (Å²) in [6, 6.07) is 8.23. The molecule has 0 aliphatic carbocycles. The normalized spacial score (nSPS) is 11.2. The molecule has 1 aromatic heterocycles. The molecule has 0 amide bonds. The lowest BCUT2D eigenvalue weighted by Gasteiger charge is -2.17. The number of hydrogen-bond acceptors (Lipinski definition) is 4. The molecule has 6 heteroatoms. The highest BCUT2D eigenvalue weighted by Gasteiger charge is 2.12. The van der Waals surface area contributed by atoms with E-state index in [0.29, 0.717) is 13.1 Å². The van der Waals surface area contributed by atoms with Gasteiger partial charge in [0.15, 0.2) is 0 Å². The average Bonchev–Trinajstić information content (AvgIpc) is 2.80. The summed E-state index contributed by atoms with van der Waals surface area (Å²) >= 11 is 0. The largest absolute Gasteiger partial charge is 0.481 e. The maximum atomic E-state index is 10.9. The number of aryl methyl sites for hydroxylation is 1. The number of hydrogen-bond donors (Lipinski definition) is 3. The molecule has 21 heavy (non-hydrogen) atoms. The smallest absolute Gasteiger partial charge is 0.305 e. The lowest BCUT2D eigenvalue weighted by Crippen LogP contribution is -2.31. The van der Waals surface area contributed by atoms with E-state index in [4.69, 9.17) is 5.11 Å². The monoisotopic (exact) mass is 290 g/mol. The predicted molar refractivity (Wildman–Crippen MR) is 84.3 cm³/mol. The second-order valence-corrected chi connectivity index (χ2v) is 5.03. The lowest BCUT2D eigenvalue weighted by molar-refractivity contribution is -0.137. The summed E-state index contributed by atoms with van der Waals surface area (Å²) in [4.78, 5) is 10.9. The molecule has 0 saturated heterocycles. The van der Waals surface area contributed by atoms with Gasteiger partial charge in [0, 0.05) is 42.9 Å². The van der Waals surface area contributed by atoms with E-state index >= 15 is 0 Å². The molecule has 0 radical (unpaired) electrons. The van der Waals surface area contributed by atoms with Crippen molar-refractivity contribution in [3.63, 3.8) is 0 Å². The summed E-state index contributed by atoms with van der Waals surface area (Å²) in [5, 5.41) is 15.1. The van der Waals surface area contributed by atoms with Crippen LogP contribution in [0.4, 0.5) is 5.69 Å². The quantitative estimate of drug-likeness (QED) is 0.677. The SMILES string of the molecule is CNc1ccc2c(c1)cc(CN(C)NC)n2CCC(=O)O. The number of carboxylic acids is 1. The molecule has 0 aliphatic rings. The van der Waals surface area contributed by atoms with Crippen molar-refractivity contribution in [3.05, 3.63) is 30.0 Å². The number of aliphatic carboxylic acids is 1. The summed E-state index contributed by atoms with van der Waals surface area (Å²) in [5.74, 6) is -0.781. The van der Waals surface area contributed by atoms with Crippen LogP contribution in [0.1, 0.15) is 12.1 Å². The maximum absolute atomic E-state index is 10.9. The van der Waals surface area contributed by atoms with Gasteiger partial charge in [-0.2, -0.15) is 0 Å². The second kappa shape index (κ2) is 6.60. The van der Waals surface area contributed by atoms with E-state index in [2.05, 4.69) is 27.4 Å². The van der Waals surface area contributed by atoms with E-state index in [0.717, 1.165) is 22.3 Å². The van der Waals surface area contributed by atoms with Crippen LogP contribution in [-0.4, -0.2) is 41.8 Å². The van der Waals surface area contributed by atoms with E-state index in [1.165, 1.54) is 0 Å². The minimum Gasteiger partial charge on any atom is -0.481 e. The number of aromatic nitrogens is 1. The number of anilines is 1. The first-order chi connectivity index (χ1) is 10.0. The molecule has 6 nitrogen and oxygen atoms in total. The molecule has 1 aromatic carbocycles. The molecule has 0 aliphatic heterocycles. The molecule has 2 rings (SSSR count). The number of benzene rings is 1. The Kier molecular flexibility index (Phi) is 4.82. The van der Waals surface area contributed by atoms with Crippen LogP contribution in [0.5, 0.6) is 0 Å². The van der Waals surface area contributed by atoms with E-state index in [1.54, 1.807) is 0 Å². The standard InChI is InChI=1S/C15H22N4O2/c1-16-12-4-5-14-11(8-12)9-13(10-18(3)17-2)19(14)7-6-15(20)21/h4-5,8-9,16-17H,6-7,10H2,1-3H3,(H,20,21). The number of nitrogens with one attached hydrogen (secondary N) is 2. The van der Waals surface area contributed by atoms with Gasteiger partial charge in [0.1, 0.15) is 0 Å². The Balaban J connectivity index is 2.42. The summed E-state index contributed by atoms with van der Waals surface area (Å²) in [7, 11) is 5.71. The number of nitrogens with zero attached hydrogens (tertiary/aromatic N) is 2. The number of rotatable bonds is 7. The minimum absolute atomic E-state index is 0.119. The molecule has 3 N–H and O–H groups in total. The van der Waals surface area contributed by atoms with Crippen LogP contribution in [-0.2, 0) is 17.9 Å². The van der Waals surface area contributed by atoms with E-state index < -0.39 is 5.97 Å². The van der Waals surface area contributed by atoms with E-state index in [1.807, 2.05) is 38.3 Å². The van der Waals surface area contributed by atoms with Crippen LogP contribution >= 0.6 is 0 Å². The van der Waals surface area contributed by atoms with Gasteiger partial charge < -0.3 is 15.0 Å². The third-order valence-electron chi connectivity index (χ3n) is 3.61. The summed E-state index contributed by atoms with van der Waals surface area (Å²) in [6.45, 7) is 1.18. The zero-order valence-electron chi connectivity index (χ0n) is 12.7. The van der Waals surface area contributed by atoms with Crippen LogP contribution in [0.2, 0.25) is 0 Å². The Morgan fingerprint density at radius 1 is 1.33 bits per heavy atom. The predicted octanol–water partition coefficient (Wildman–Crippen LogP) is 1.72. The highest BCUT2D eigenvalue weighted by Crippen LogP contribution is 2.24. The van der Waals surface area contributed by atoms with Crippen LogP contribution in [0, 0.1) is 0 Å². The minimum atomic E-state index is -0.781. The Morgan fingerprint density at radius 3 is 2.71 bits per heavy atom. The van der Waals surface area contributed by atoms with Gasteiger partial charge in [-0.15, -0.1) is 0 Å². The molecule has 0 atom stereocenters. The zero-order chi connectivity index (χ0) is 15.4. The molecule has 0 spiro atoms. The third kappa shape index (κ3) is 3.53. The van der Waals surface area contributed by atoms with Crippen molar-refractivity contribution in [2.24, 2.45) is 0 Å². The number of carbonyl (C=O) groups is 1. The molecule has 0 bridgehead atoms. The second-order valence-electron chi connectivity index (χ2n) is 5.03. The Hall–Kier alpha value is -2.05. The molecular weight excluding hydrogens is 268 g/mol. The van der Waals surface area contributed by atoms with Crippen molar-refractivity contribution in [1.82, 2.24) is 15.0 Å². The molecule has 0 fully saturated rings. The maximum Gasteiger partial charge on any atom is 0.305 e. The zero-order valence-corrected chi connectivity index (χ0v) is 12.7. The first kappa shape index (κ1) is 15.3. The molecular formula is C15H22N4O2. The average molecular weight is 290 g/mol. The van der Waals surface area contributed by atoms with Crippen LogP contribution in [0.25, 0.3) is 10.9 Å². The van der Waals surface area contributed by atoms with Gasteiger partial charge >= 0.3 is 5.97 Å². The number of fused-ring (bicyclic) bond motifs is 1. The summed E-state index contributed by atoms with van der Waals surface area (Å²) in [5.41, 5.74) is 6.27. The fraction of sp³-hybridized carbons (Fsp3) is 0.400. The molecule has 2 aromatic rings. The summed E-state index contributed by atoms with van der Waals surface area (Å²) < 4.78 is 2.08. The van der Waals surface area contributed by atoms with Crippen molar-refractivity contribution in [1.29, 1.82) is 0 Å². The van der Waals surface area contributed by atoms with Crippen LogP contribution < -0.4 is 10.7 Å². The first-order valence-electron chi connectivity index (χ1n) is 6.95. The molecule has 0 saturated carbocycles. The van der Waals surface area contributed by atoms with Gasteiger partial charge in [0.05, 0.1) is 13.0 Å². The topological polar surface area (TPSA) is 69.5 Å². The lowest BCUT2D eigenvalue weighted by atomic mass is 10.2. The fourth-order valence-corrected chi connectivity index (χ4v) is 2.41. The molecule has 1 heterocycles. The highest BCUT2D eigenvalue weighted by molar-refractivity contribution is 5.85. The Morgan fingerprint density at radius 2 is 2.10 bits per heavy atom. The number of carboxylic acid groups (broad SMARTS) is 1. The third-order valence-corrected chi connectivity index (χ3v) is 3.61. The highest BCUT2D eigenvalue weighted by atomic mass is 16.4. The van der Waals surface area contributed by atoms with Gasteiger partial charge in [-0.1, -0.05) is 0 Å². The Labute approximate surface area is 124 Å². The van der Waals surface area contributed by atoms with Crippen LogP contribution in [0.3, 0.4) is 0 Å². The van der Waals surface area contributed by atoms with E-state index in [-0.39, 0.29) is 6.42 Å². The van der Waals surface area contributed by atoms with Gasteiger partial charge in [0.2, 0.25) is 0 Å². The van der Waals surface area contributed by atoms with Gasteiger partial charge in [0.25, 0.3) is 0 Å². The van der Waals surface area contributed by atoms with Crippen molar-refractivity contribution in [3.8, 4) is 0 Å². The molecule has 0 unspecified atom stereocenters. The van der Waals surface area contributed by atoms with Crippen LogP contribution in [0.15, 0.2) is 24.3 Å². The van der Waals surface area contributed by atoms with Gasteiger partial charge in [-0.3, -0.25) is 10.2 Å². The first-order valence-corrected chi connectivity index (χ1v) is 6.95. The van der Waals surface area contributed by atoms with Crippen molar-refractivity contribution < 1.29 is 9.90 Å². The van der Waals surface area contributed by atoms with Crippen molar-refractivity contribution >= 4 is 22.6 Å². The fourth-order valence-electron chi connectivity index (χ4n) is 2.41. The van der Waals surface area contributed by atoms with Gasteiger partial charge in [-0.05, 0) is 31.3 Å². The molecule has 114 valence electrons.